The Morgan fingerprint density at radius 3 is 2.62 bits per heavy atom. The summed E-state index contributed by atoms with van der Waals surface area (Å²) < 4.78 is 5.76. The molecule has 0 aromatic heterocycles. The van der Waals surface area contributed by atoms with Crippen molar-refractivity contribution in [3.8, 4) is 0 Å². The fourth-order valence-corrected chi connectivity index (χ4v) is 2.07. The first-order chi connectivity index (χ1) is 7.74. The van der Waals surface area contributed by atoms with Gasteiger partial charge < -0.3 is 9.84 Å². The molecule has 1 rings (SSSR count). The Balaban J connectivity index is 2.20. The highest BCUT2D eigenvalue weighted by molar-refractivity contribution is 14.1. The Morgan fingerprint density at radius 2 is 2.00 bits per heavy atom. The molecule has 0 radical (unpaired) electrons. The number of benzene rings is 1. The average molecular weight is 334 g/mol. The SMILES string of the molecule is CCC[C@H](O)[C@@H](I)COCc1ccccc1. The summed E-state index contributed by atoms with van der Waals surface area (Å²) in [6, 6.07) is 10.1. The summed E-state index contributed by atoms with van der Waals surface area (Å²) in [5.74, 6) is 0. The van der Waals surface area contributed by atoms with E-state index in [1.807, 2.05) is 30.3 Å². The van der Waals surface area contributed by atoms with Gasteiger partial charge in [-0.2, -0.15) is 0 Å². The Labute approximate surface area is 111 Å². The molecule has 1 aromatic rings. The molecule has 2 nitrogen and oxygen atoms in total. The molecule has 0 spiro atoms. The first-order valence-electron chi connectivity index (χ1n) is 5.67. The van der Waals surface area contributed by atoms with Gasteiger partial charge in [-0.1, -0.05) is 66.3 Å². The van der Waals surface area contributed by atoms with Gasteiger partial charge in [-0.25, -0.2) is 0 Å². The topological polar surface area (TPSA) is 29.5 Å². The minimum absolute atomic E-state index is 0.182. The molecule has 90 valence electrons. The Bertz CT molecular complexity index is 277. The van der Waals surface area contributed by atoms with Crippen LogP contribution in [0.1, 0.15) is 25.3 Å². The number of halogens is 1. The van der Waals surface area contributed by atoms with Crippen molar-refractivity contribution in [2.24, 2.45) is 0 Å². The van der Waals surface area contributed by atoms with Crippen molar-refractivity contribution in [3.05, 3.63) is 35.9 Å². The second-order valence-corrected chi connectivity index (χ2v) is 5.47. The van der Waals surface area contributed by atoms with Crippen LogP contribution in [0.25, 0.3) is 0 Å². The molecule has 0 bridgehead atoms. The van der Waals surface area contributed by atoms with Crippen LogP contribution >= 0.6 is 22.6 Å². The van der Waals surface area contributed by atoms with E-state index in [1.54, 1.807) is 0 Å². The van der Waals surface area contributed by atoms with Crippen molar-refractivity contribution in [2.75, 3.05) is 6.61 Å². The number of rotatable bonds is 7. The highest BCUT2D eigenvalue weighted by atomic mass is 127. The molecule has 0 heterocycles. The molecule has 1 N–H and O–H groups in total. The minimum Gasteiger partial charge on any atom is -0.392 e. The summed E-state index contributed by atoms with van der Waals surface area (Å²) in [5.41, 5.74) is 1.18. The lowest BCUT2D eigenvalue weighted by molar-refractivity contribution is 0.0805. The molecule has 0 amide bonds. The highest BCUT2D eigenvalue weighted by Crippen LogP contribution is 2.13. The second kappa shape index (κ2) is 8.03. The van der Waals surface area contributed by atoms with E-state index in [-0.39, 0.29) is 10.0 Å². The average Bonchev–Trinajstić information content (AvgIpc) is 2.30. The van der Waals surface area contributed by atoms with Crippen LogP contribution in [-0.2, 0) is 11.3 Å². The van der Waals surface area contributed by atoms with E-state index >= 15 is 0 Å². The van der Waals surface area contributed by atoms with Crippen LogP contribution in [0.3, 0.4) is 0 Å². The van der Waals surface area contributed by atoms with Crippen molar-refractivity contribution in [2.45, 2.75) is 36.4 Å². The van der Waals surface area contributed by atoms with E-state index in [0.717, 1.165) is 12.8 Å². The van der Waals surface area contributed by atoms with Crippen molar-refractivity contribution in [1.82, 2.24) is 0 Å². The molecular weight excluding hydrogens is 315 g/mol. The molecule has 0 aliphatic rings. The molecule has 0 saturated carbocycles. The monoisotopic (exact) mass is 334 g/mol. The van der Waals surface area contributed by atoms with E-state index in [9.17, 15) is 5.11 Å². The third kappa shape index (κ3) is 5.27. The van der Waals surface area contributed by atoms with Crippen LogP contribution in [0.5, 0.6) is 0 Å². The fourth-order valence-electron chi connectivity index (χ4n) is 1.45. The van der Waals surface area contributed by atoms with E-state index < -0.39 is 0 Å². The van der Waals surface area contributed by atoms with Gasteiger partial charge in [0.05, 0.1) is 23.2 Å². The maximum Gasteiger partial charge on any atom is 0.0717 e. The maximum atomic E-state index is 9.73. The third-order valence-corrected chi connectivity index (χ3v) is 3.58. The van der Waals surface area contributed by atoms with Gasteiger partial charge in [0.25, 0.3) is 0 Å². The van der Waals surface area contributed by atoms with E-state index in [1.165, 1.54) is 5.56 Å². The van der Waals surface area contributed by atoms with Crippen molar-refractivity contribution in [1.29, 1.82) is 0 Å². The summed E-state index contributed by atoms with van der Waals surface area (Å²) >= 11 is 2.26. The molecule has 0 aliphatic carbocycles. The van der Waals surface area contributed by atoms with Crippen LogP contribution in [-0.4, -0.2) is 21.7 Å². The number of aliphatic hydroxyl groups excluding tert-OH is 1. The summed E-state index contributed by atoms with van der Waals surface area (Å²) in [6.45, 7) is 3.31. The number of aliphatic hydroxyl groups is 1. The highest BCUT2D eigenvalue weighted by Gasteiger charge is 2.14. The number of hydrogen-bond acceptors (Lipinski definition) is 2. The zero-order chi connectivity index (χ0) is 11.8. The third-order valence-electron chi connectivity index (χ3n) is 2.39. The van der Waals surface area contributed by atoms with E-state index in [0.29, 0.717) is 13.2 Å². The Morgan fingerprint density at radius 1 is 1.31 bits per heavy atom. The predicted octanol–water partition coefficient (Wildman–Crippen LogP) is 3.17. The molecule has 16 heavy (non-hydrogen) atoms. The summed E-state index contributed by atoms with van der Waals surface area (Å²) in [6.07, 6.45) is 1.61. The molecule has 0 aliphatic heterocycles. The molecule has 0 saturated heterocycles. The van der Waals surface area contributed by atoms with Crippen LogP contribution < -0.4 is 0 Å². The van der Waals surface area contributed by atoms with E-state index in [4.69, 9.17) is 4.74 Å². The van der Waals surface area contributed by atoms with Crippen LogP contribution in [0.2, 0.25) is 0 Å². The number of ether oxygens (including phenoxy) is 1. The van der Waals surface area contributed by atoms with Gasteiger partial charge in [0.2, 0.25) is 0 Å². The van der Waals surface area contributed by atoms with Gasteiger partial charge >= 0.3 is 0 Å². The molecule has 0 unspecified atom stereocenters. The van der Waals surface area contributed by atoms with Crippen molar-refractivity contribution < 1.29 is 9.84 Å². The maximum absolute atomic E-state index is 9.73. The van der Waals surface area contributed by atoms with Crippen LogP contribution in [0.15, 0.2) is 30.3 Å². The number of hydrogen-bond donors (Lipinski definition) is 1. The summed E-state index contributed by atoms with van der Waals surface area (Å²) in [7, 11) is 0. The van der Waals surface area contributed by atoms with Gasteiger partial charge in [0, 0.05) is 0 Å². The minimum atomic E-state index is -0.249. The zero-order valence-corrected chi connectivity index (χ0v) is 11.8. The molecule has 2 atom stereocenters. The normalized spacial score (nSPS) is 14.7. The lowest BCUT2D eigenvalue weighted by Crippen LogP contribution is -2.24. The largest absolute Gasteiger partial charge is 0.392 e. The van der Waals surface area contributed by atoms with Gasteiger partial charge in [-0.05, 0) is 12.0 Å². The lowest BCUT2D eigenvalue weighted by atomic mass is 10.1. The van der Waals surface area contributed by atoms with E-state index in [2.05, 4.69) is 29.5 Å². The Kier molecular flexibility index (Phi) is 7.00. The molecular formula is C13H19IO2. The molecule has 3 heteroatoms. The van der Waals surface area contributed by atoms with Crippen LogP contribution in [0, 0.1) is 0 Å². The smallest absolute Gasteiger partial charge is 0.0717 e. The summed E-state index contributed by atoms with van der Waals surface area (Å²) in [5, 5.41) is 9.73. The number of alkyl halides is 1. The lowest BCUT2D eigenvalue weighted by Gasteiger charge is -2.16. The Hall–Kier alpha value is -0.130. The van der Waals surface area contributed by atoms with Gasteiger partial charge in [-0.3, -0.25) is 0 Å². The second-order valence-electron chi connectivity index (χ2n) is 3.87. The fraction of sp³-hybridized carbons (Fsp3) is 0.538. The molecule has 0 fully saturated rings. The first kappa shape index (κ1) is 13.9. The van der Waals surface area contributed by atoms with Crippen LogP contribution in [0.4, 0.5) is 0 Å². The van der Waals surface area contributed by atoms with Gasteiger partial charge in [0.15, 0.2) is 0 Å². The predicted molar refractivity (Wildman–Crippen MR) is 74.8 cm³/mol. The van der Waals surface area contributed by atoms with Gasteiger partial charge in [0.1, 0.15) is 0 Å². The van der Waals surface area contributed by atoms with Gasteiger partial charge in [-0.15, -0.1) is 0 Å². The quantitative estimate of drug-likeness (QED) is 0.613. The summed E-state index contributed by atoms with van der Waals surface area (Å²) in [4.78, 5) is 0. The van der Waals surface area contributed by atoms with Crippen molar-refractivity contribution >= 4 is 22.6 Å². The standard InChI is InChI=1S/C13H19IO2/c1-2-6-13(15)12(14)10-16-9-11-7-4-3-5-8-11/h3-5,7-8,12-13,15H,2,6,9-10H2,1H3/t12-,13-/m0/s1. The molecule has 1 aromatic carbocycles. The van der Waals surface area contributed by atoms with Crippen molar-refractivity contribution in [3.63, 3.8) is 0 Å². The first-order valence-corrected chi connectivity index (χ1v) is 6.92. The zero-order valence-electron chi connectivity index (χ0n) is 9.60.